The van der Waals surface area contributed by atoms with Crippen molar-refractivity contribution in [3.05, 3.63) is 211 Å². The lowest BCUT2D eigenvalue weighted by Gasteiger charge is -2.34. The lowest BCUT2D eigenvalue weighted by molar-refractivity contribution is 0.742. The quantitative estimate of drug-likeness (QED) is 0.178. The molecule has 2 atom stereocenters. The second-order valence-corrected chi connectivity index (χ2v) is 16.2. The van der Waals surface area contributed by atoms with E-state index in [9.17, 15) is 10.5 Å². The Bertz CT molecular complexity index is 3720. The van der Waals surface area contributed by atoms with Crippen molar-refractivity contribution in [1.29, 1.82) is 10.5 Å². The van der Waals surface area contributed by atoms with E-state index in [-0.39, 0.29) is 12.0 Å². The van der Waals surface area contributed by atoms with E-state index < -0.39 is 0 Å². The van der Waals surface area contributed by atoms with Gasteiger partial charge in [0.15, 0.2) is 0 Å². The highest BCUT2D eigenvalue weighted by Crippen LogP contribution is 2.55. The molecule has 11 aromatic rings. The Morgan fingerprint density at radius 3 is 1.08 bits per heavy atom. The third-order valence-corrected chi connectivity index (χ3v) is 13.2. The lowest BCUT2D eigenvalue weighted by atomic mass is 9.91. The number of aromatic nitrogens is 3. The Labute approximate surface area is 356 Å². The van der Waals surface area contributed by atoms with E-state index in [4.69, 9.17) is 0 Å². The van der Waals surface area contributed by atoms with Crippen molar-refractivity contribution in [2.24, 2.45) is 0 Å². The minimum Gasteiger partial charge on any atom is -0.330 e. The summed E-state index contributed by atoms with van der Waals surface area (Å²) < 4.78 is 6.75. The van der Waals surface area contributed by atoms with Gasteiger partial charge in [-0.25, -0.2) is 0 Å². The van der Waals surface area contributed by atoms with Gasteiger partial charge < -0.3 is 18.6 Å². The first-order valence-corrected chi connectivity index (χ1v) is 21.0. The second-order valence-electron chi connectivity index (χ2n) is 16.2. The van der Waals surface area contributed by atoms with E-state index >= 15 is 0 Å². The average Bonchev–Trinajstić information content (AvgIpc) is 4.06. The molecule has 0 N–H and O–H groups in total. The predicted molar refractivity (Wildman–Crippen MR) is 252 cm³/mol. The summed E-state index contributed by atoms with van der Waals surface area (Å²) in [7, 11) is 0. The molecule has 0 fully saturated rings. The van der Waals surface area contributed by atoms with Crippen LogP contribution >= 0.6 is 0 Å². The first kappa shape index (κ1) is 34.3. The van der Waals surface area contributed by atoms with Crippen LogP contribution in [0.25, 0.3) is 82.5 Å². The summed E-state index contributed by atoms with van der Waals surface area (Å²) in [6.07, 6.45) is 8.74. The number of benzene rings is 8. The summed E-state index contributed by atoms with van der Waals surface area (Å²) >= 11 is 0. The molecular formula is C56H34N6. The van der Waals surface area contributed by atoms with Crippen LogP contribution in [0.5, 0.6) is 0 Å². The first-order chi connectivity index (χ1) is 30.8. The Hall–Kier alpha value is -8.58. The smallest absolute Gasteiger partial charge is 0.104 e. The van der Waals surface area contributed by atoms with Gasteiger partial charge in [-0.05, 0) is 48.0 Å². The van der Waals surface area contributed by atoms with Gasteiger partial charge in [-0.2, -0.15) is 10.5 Å². The zero-order valence-electron chi connectivity index (χ0n) is 33.3. The van der Waals surface area contributed by atoms with E-state index in [1.807, 2.05) is 0 Å². The summed E-state index contributed by atoms with van der Waals surface area (Å²) in [5.74, 6) is 0.0352. The zero-order chi connectivity index (χ0) is 41.1. The molecule has 0 bridgehead atoms. The predicted octanol–water partition coefficient (Wildman–Crippen LogP) is 13.5. The highest BCUT2D eigenvalue weighted by Gasteiger charge is 2.42. The summed E-state index contributed by atoms with van der Waals surface area (Å²) in [5.41, 5.74) is 11.5. The highest BCUT2D eigenvalue weighted by atomic mass is 15.2. The Kier molecular flexibility index (Phi) is 7.17. The van der Waals surface area contributed by atoms with Gasteiger partial charge in [0.2, 0.25) is 0 Å². The number of rotatable bonds is 4. The molecule has 8 aromatic carbocycles. The van der Waals surface area contributed by atoms with Gasteiger partial charge in [-0.1, -0.05) is 152 Å². The molecular weight excluding hydrogens is 757 g/mol. The minimum absolute atomic E-state index is 0.0352. The van der Waals surface area contributed by atoms with Gasteiger partial charge >= 0.3 is 0 Å². The van der Waals surface area contributed by atoms with Crippen molar-refractivity contribution in [2.75, 3.05) is 4.90 Å². The van der Waals surface area contributed by atoms with Crippen LogP contribution in [-0.2, 0) is 0 Å². The SMILES string of the molecule is N#Cc1c(N2c3ccccc3C3C=CC=CC32)c(-n2c3ccccc3c3ccccc32)c(C#N)c(-n2c3ccccc3c3ccccc32)c1-n1c2ccccc2c2ccccc21. The first-order valence-electron chi connectivity index (χ1n) is 21.0. The molecule has 2 aliphatic rings. The molecule has 3 aromatic heterocycles. The van der Waals surface area contributed by atoms with Crippen molar-refractivity contribution in [3.63, 3.8) is 0 Å². The van der Waals surface area contributed by atoms with Gasteiger partial charge in [-0.15, -0.1) is 0 Å². The van der Waals surface area contributed by atoms with Gasteiger partial charge in [0, 0.05) is 43.9 Å². The molecule has 0 saturated carbocycles. The molecule has 13 rings (SSSR count). The number of hydrogen-bond donors (Lipinski definition) is 0. The Morgan fingerprint density at radius 2 is 0.677 bits per heavy atom. The van der Waals surface area contributed by atoms with Crippen LogP contribution in [-0.4, -0.2) is 19.7 Å². The maximum Gasteiger partial charge on any atom is 0.104 e. The summed E-state index contributed by atoms with van der Waals surface area (Å²) in [4.78, 5) is 2.35. The molecule has 1 aliphatic carbocycles. The summed E-state index contributed by atoms with van der Waals surface area (Å²) in [5, 5.41) is 31.0. The number of anilines is 2. The topological polar surface area (TPSA) is 65.6 Å². The van der Waals surface area contributed by atoms with Gasteiger partial charge in [0.25, 0.3) is 0 Å². The van der Waals surface area contributed by atoms with Crippen LogP contribution in [0.4, 0.5) is 11.4 Å². The maximum absolute atomic E-state index is 12.3. The molecule has 2 unspecified atom stereocenters. The van der Waals surface area contributed by atoms with E-state index in [0.29, 0.717) is 33.9 Å². The molecule has 4 heterocycles. The zero-order valence-corrected chi connectivity index (χ0v) is 33.3. The molecule has 0 saturated heterocycles. The number of allylic oxidation sites excluding steroid dienone is 2. The molecule has 1 aliphatic heterocycles. The minimum atomic E-state index is -0.159. The Morgan fingerprint density at radius 1 is 0.355 bits per heavy atom. The number of nitrogens with zero attached hydrogens (tertiary/aromatic N) is 6. The van der Waals surface area contributed by atoms with Crippen molar-refractivity contribution in [1.82, 2.24) is 13.7 Å². The number of nitriles is 2. The second kappa shape index (κ2) is 13.0. The van der Waals surface area contributed by atoms with Crippen molar-refractivity contribution in [3.8, 4) is 29.2 Å². The van der Waals surface area contributed by atoms with Gasteiger partial charge in [-0.3, -0.25) is 0 Å². The van der Waals surface area contributed by atoms with E-state index in [2.05, 4.69) is 225 Å². The fraction of sp³-hybridized carbons (Fsp3) is 0.0357. The molecule has 288 valence electrons. The monoisotopic (exact) mass is 790 g/mol. The third kappa shape index (κ3) is 4.45. The summed E-state index contributed by atoms with van der Waals surface area (Å²) in [6.45, 7) is 0. The largest absolute Gasteiger partial charge is 0.330 e. The number of fused-ring (bicyclic) bond motifs is 12. The van der Waals surface area contributed by atoms with Crippen molar-refractivity contribution >= 4 is 76.8 Å². The maximum atomic E-state index is 12.3. The number of hydrogen-bond acceptors (Lipinski definition) is 3. The van der Waals surface area contributed by atoms with Crippen molar-refractivity contribution in [2.45, 2.75) is 12.0 Å². The molecule has 6 nitrogen and oxygen atoms in total. The lowest BCUT2D eigenvalue weighted by Crippen LogP contribution is -2.31. The fourth-order valence-corrected chi connectivity index (χ4v) is 10.8. The standard InChI is InChI=1S/C56H34N6/c57-33-43-53(59-45-25-9-1-17-35(45)36-18-2-10-26-46(36)59)54(60-47-27-11-3-19-37(47)38-20-4-12-28-48(38)60)44(34-58)56(62-51-31-15-7-23-41(51)42-24-8-16-32-52(42)62)55(43)61-49-29-13-5-21-39(49)40-22-6-14-30-50(40)61/h1-32,35,45H. The van der Waals surface area contributed by atoms with Gasteiger partial charge in [0.05, 0.1) is 61.9 Å². The fourth-order valence-electron chi connectivity index (χ4n) is 10.8. The molecule has 0 spiro atoms. The van der Waals surface area contributed by atoms with Crippen molar-refractivity contribution < 1.29 is 0 Å². The Balaban J connectivity index is 1.34. The average molecular weight is 791 g/mol. The van der Waals surface area contributed by atoms with Gasteiger partial charge in [0.1, 0.15) is 23.3 Å². The molecule has 0 radical (unpaired) electrons. The van der Waals surface area contributed by atoms with Crippen LogP contribution in [0, 0.1) is 22.7 Å². The van der Waals surface area contributed by atoms with Crippen LogP contribution < -0.4 is 4.90 Å². The van der Waals surface area contributed by atoms with Crippen LogP contribution in [0.1, 0.15) is 22.6 Å². The van der Waals surface area contributed by atoms with E-state index in [1.165, 1.54) is 5.56 Å². The normalized spacial score (nSPS) is 15.5. The van der Waals surface area contributed by atoms with Crippen LogP contribution in [0.3, 0.4) is 0 Å². The van der Waals surface area contributed by atoms with E-state index in [0.717, 1.165) is 71.1 Å². The number of para-hydroxylation sites is 7. The third-order valence-electron chi connectivity index (χ3n) is 13.2. The summed E-state index contributed by atoms with van der Waals surface area (Å²) in [6, 6.07) is 64.6. The van der Waals surface area contributed by atoms with E-state index in [1.54, 1.807) is 0 Å². The molecule has 0 amide bonds. The molecule has 6 heteroatoms. The van der Waals surface area contributed by atoms with Crippen LogP contribution in [0.2, 0.25) is 0 Å². The molecule has 62 heavy (non-hydrogen) atoms. The van der Waals surface area contributed by atoms with Crippen LogP contribution in [0.15, 0.2) is 194 Å². The highest BCUT2D eigenvalue weighted by molar-refractivity contribution is 6.14.